The Labute approximate surface area is 105 Å². The van der Waals surface area contributed by atoms with E-state index < -0.39 is 6.17 Å². The lowest BCUT2D eigenvalue weighted by atomic mass is 9.66. The summed E-state index contributed by atoms with van der Waals surface area (Å²) in [4.78, 5) is 2.65. The van der Waals surface area contributed by atoms with Gasteiger partial charge in [-0.3, -0.25) is 4.90 Å². The van der Waals surface area contributed by atoms with Gasteiger partial charge in [0.1, 0.15) is 6.17 Å². The lowest BCUT2D eigenvalue weighted by Gasteiger charge is -2.44. The first-order valence-corrected chi connectivity index (χ1v) is 7.21. The normalized spacial score (nSPS) is 48.0. The second-order valence-electron chi connectivity index (χ2n) is 7.90. The van der Waals surface area contributed by atoms with Crippen molar-refractivity contribution in [2.75, 3.05) is 13.1 Å². The Balaban J connectivity index is 1.93. The smallest absolute Gasteiger partial charge is 0.108 e. The third kappa shape index (κ3) is 1.46. The third-order valence-electron chi connectivity index (χ3n) is 5.86. The van der Waals surface area contributed by atoms with Crippen LogP contribution in [-0.4, -0.2) is 29.7 Å². The number of fused-ring (bicyclic) bond motifs is 1. The summed E-state index contributed by atoms with van der Waals surface area (Å²) in [6, 6.07) is 0. The Kier molecular flexibility index (Phi) is 2.29. The Morgan fingerprint density at radius 1 is 1.35 bits per heavy atom. The Bertz CT molecular complexity index is 338. The van der Waals surface area contributed by atoms with E-state index in [2.05, 4.69) is 32.6 Å². The number of nitrogens with zero attached hydrogens (tertiary/aromatic N) is 1. The summed E-state index contributed by atoms with van der Waals surface area (Å²) >= 11 is 0. The Morgan fingerprint density at radius 3 is 2.53 bits per heavy atom. The van der Waals surface area contributed by atoms with E-state index in [1.165, 1.54) is 19.4 Å². The van der Waals surface area contributed by atoms with Crippen molar-refractivity contribution in [1.82, 2.24) is 4.90 Å². The van der Waals surface area contributed by atoms with Gasteiger partial charge in [-0.15, -0.1) is 0 Å². The standard InChI is InChI=1S/C15H26FN/c1-11(2)7-15-9-14(8-12(14)16)10-17(15)6-5-13(15,3)4/h11-12H,5-10H2,1-4H3/t12-,14-,15+/m0/s1. The largest absolute Gasteiger partial charge is 0.296 e. The molecule has 3 fully saturated rings. The monoisotopic (exact) mass is 239 g/mol. The Hall–Kier alpha value is -0.110. The topological polar surface area (TPSA) is 3.24 Å². The van der Waals surface area contributed by atoms with Gasteiger partial charge >= 0.3 is 0 Å². The minimum atomic E-state index is -0.507. The summed E-state index contributed by atoms with van der Waals surface area (Å²) in [5, 5.41) is 0. The van der Waals surface area contributed by atoms with Gasteiger partial charge < -0.3 is 0 Å². The van der Waals surface area contributed by atoms with Crippen LogP contribution < -0.4 is 0 Å². The van der Waals surface area contributed by atoms with Crippen LogP contribution in [0.3, 0.4) is 0 Å². The molecule has 1 spiro atoms. The van der Waals surface area contributed by atoms with Crippen molar-refractivity contribution < 1.29 is 4.39 Å². The molecule has 1 aliphatic carbocycles. The maximum absolute atomic E-state index is 13.7. The molecule has 98 valence electrons. The van der Waals surface area contributed by atoms with Crippen LogP contribution in [0.15, 0.2) is 0 Å². The molecule has 0 radical (unpaired) electrons. The molecule has 2 saturated heterocycles. The minimum Gasteiger partial charge on any atom is -0.296 e. The highest BCUT2D eigenvalue weighted by Gasteiger charge is 2.70. The molecule has 2 heteroatoms. The average molecular weight is 239 g/mol. The molecule has 0 N–H and O–H groups in total. The van der Waals surface area contributed by atoms with Crippen molar-refractivity contribution in [2.45, 2.75) is 65.1 Å². The summed E-state index contributed by atoms with van der Waals surface area (Å²) in [6.07, 6.45) is 3.97. The molecule has 3 atom stereocenters. The molecule has 3 rings (SSSR count). The first kappa shape index (κ1) is 12.0. The number of hydrogen-bond acceptors (Lipinski definition) is 1. The highest BCUT2D eigenvalue weighted by Crippen LogP contribution is 2.67. The molecule has 1 saturated carbocycles. The van der Waals surface area contributed by atoms with Gasteiger partial charge in [-0.1, -0.05) is 27.7 Å². The van der Waals surface area contributed by atoms with Crippen LogP contribution in [0.2, 0.25) is 0 Å². The Morgan fingerprint density at radius 2 is 2.00 bits per heavy atom. The van der Waals surface area contributed by atoms with Gasteiger partial charge in [0.15, 0.2) is 0 Å². The highest BCUT2D eigenvalue weighted by atomic mass is 19.1. The van der Waals surface area contributed by atoms with Crippen molar-refractivity contribution >= 4 is 0 Å². The van der Waals surface area contributed by atoms with E-state index in [0.29, 0.717) is 16.9 Å². The third-order valence-corrected chi connectivity index (χ3v) is 5.86. The van der Waals surface area contributed by atoms with Gasteiger partial charge in [0.25, 0.3) is 0 Å². The maximum atomic E-state index is 13.7. The fourth-order valence-electron chi connectivity index (χ4n) is 4.69. The van der Waals surface area contributed by atoms with E-state index in [1.807, 2.05) is 0 Å². The summed E-state index contributed by atoms with van der Waals surface area (Å²) in [7, 11) is 0. The van der Waals surface area contributed by atoms with Gasteiger partial charge in [0.2, 0.25) is 0 Å². The number of rotatable bonds is 2. The van der Waals surface area contributed by atoms with E-state index in [1.54, 1.807) is 0 Å². The molecule has 0 aromatic carbocycles. The molecular formula is C15H26FN. The number of hydrogen-bond donors (Lipinski definition) is 0. The van der Waals surface area contributed by atoms with Crippen molar-refractivity contribution in [3.05, 3.63) is 0 Å². The van der Waals surface area contributed by atoms with Crippen LogP contribution in [0.25, 0.3) is 0 Å². The average Bonchev–Trinajstić information content (AvgIpc) is 2.57. The van der Waals surface area contributed by atoms with Crippen molar-refractivity contribution in [1.29, 1.82) is 0 Å². The van der Waals surface area contributed by atoms with E-state index in [4.69, 9.17) is 0 Å². The van der Waals surface area contributed by atoms with Gasteiger partial charge in [0, 0.05) is 17.5 Å². The SMILES string of the molecule is CC(C)C[C@]12C[C@@]3(C[C@@H]3F)CN1CCC2(C)C. The van der Waals surface area contributed by atoms with Crippen LogP contribution in [-0.2, 0) is 0 Å². The van der Waals surface area contributed by atoms with Crippen molar-refractivity contribution in [2.24, 2.45) is 16.7 Å². The zero-order valence-corrected chi connectivity index (χ0v) is 11.7. The summed E-state index contributed by atoms with van der Waals surface area (Å²) in [5.41, 5.74) is 0.720. The van der Waals surface area contributed by atoms with Crippen molar-refractivity contribution in [3.63, 3.8) is 0 Å². The molecule has 3 aliphatic rings. The number of halogens is 1. The molecule has 17 heavy (non-hydrogen) atoms. The van der Waals surface area contributed by atoms with Gasteiger partial charge in [-0.05, 0) is 43.6 Å². The quantitative estimate of drug-likeness (QED) is 0.711. The molecular weight excluding hydrogens is 213 g/mol. The fraction of sp³-hybridized carbons (Fsp3) is 1.00. The molecule has 2 heterocycles. The molecule has 1 nitrogen and oxygen atoms in total. The van der Waals surface area contributed by atoms with E-state index in [0.717, 1.165) is 19.4 Å². The zero-order chi connectivity index (χ0) is 12.5. The molecule has 0 aromatic heterocycles. The van der Waals surface area contributed by atoms with Gasteiger partial charge in [-0.25, -0.2) is 4.39 Å². The second kappa shape index (κ2) is 3.26. The van der Waals surface area contributed by atoms with Crippen LogP contribution in [0.1, 0.15) is 53.4 Å². The molecule has 0 amide bonds. The summed E-state index contributed by atoms with van der Waals surface area (Å²) in [5.74, 6) is 0.710. The molecule has 0 bridgehead atoms. The highest BCUT2D eigenvalue weighted by molar-refractivity contribution is 5.22. The van der Waals surface area contributed by atoms with Gasteiger partial charge in [0.05, 0.1) is 0 Å². The van der Waals surface area contributed by atoms with Crippen LogP contribution >= 0.6 is 0 Å². The summed E-state index contributed by atoms with van der Waals surface area (Å²) < 4.78 is 13.7. The predicted octanol–water partition coefficient (Wildman–Crippen LogP) is 3.64. The molecule has 2 aliphatic heterocycles. The molecule has 0 unspecified atom stereocenters. The minimum absolute atomic E-state index is 0.0621. The number of alkyl halides is 1. The molecule has 0 aromatic rings. The predicted molar refractivity (Wildman–Crippen MR) is 68.7 cm³/mol. The zero-order valence-electron chi connectivity index (χ0n) is 11.7. The van der Waals surface area contributed by atoms with E-state index >= 15 is 0 Å². The first-order chi connectivity index (χ1) is 7.81. The van der Waals surface area contributed by atoms with E-state index in [9.17, 15) is 4.39 Å². The van der Waals surface area contributed by atoms with Crippen LogP contribution in [0.4, 0.5) is 4.39 Å². The van der Waals surface area contributed by atoms with Crippen LogP contribution in [0.5, 0.6) is 0 Å². The maximum Gasteiger partial charge on any atom is 0.108 e. The summed E-state index contributed by atoms with van der Waals surface area (Å²) in [6.45, 7) is 11.7. The first-order valence-electron chi connectivity index (χ1n) is 7.21. The fourth-order valence-corrected chi connectivity index (χ4v) is 4.69. The lowest BCUT2D eigenvalue weighted by Crippen LogP contribution is -2.48. The van der Waals surface area contributed by atoms with Crippen molar-refractivity contribution in [3.8, 4) is 0 Å². The van der Waals surface area contributed by atoms with Gasteiger partial charge in [-0.2, -0.15) is 0 Å². The van der Waals surface area contributed by atoms with Crippen LogP contribution in [0, 0.1) is 16.7 Å². The lowest BCUT2D eigenvalue weighted by molar-refractivity contribution is 0.0691. The second-order valence-corrected chi connectivity index (χ2v) is 7.90. The van der Waals surface area contributed by atoms with E-state index in [-0.39, 0.29) is 5.41 Å².